The number of ether oxygens (including phenoxy) is 1. The summed E-state index contributed by atoms with van der Waals surface area (Å²) in [7, 11) is 0. The van der Waals surface area contributed by atoms with Crippen LogP contribution in [0.5, 0.6) is 11.5 Å². The second-order valence-electron chi connectivity index (χ2n) is 5.21. The van der Waals surface area contributed by atoms with E-state index in [1.807, 2.05) is 54.6 Å². The van der Waals surface area contributed by atoms with Gasteiger partial charge in [-0.05, 0) is 42.0 Å². The molecule has 0 unspecified atom stereocenters. The van der Waals surface area contributed by atoms with Gasteiger partial charge in [-0.2, -0.15) is 0 Å². The van der Waals surface area contributed by atoms with Crippen LogP contribution in [0.25, 0.3) is 0 Å². The third-order valence-electron chi connectivity index (χ3n) is 3.41. The van der Waals surface area contributed by atoms with E-state index in [0.29, 0.717) is 6.54 Å². The highest BCUT2D eigenvalue weighted by molar-refractivity contribution is 6.34. The molecular formula is C19H14Cl2N2O2. The standard InChI is InChI=1S/C19H14Cl2N2O2/c20-17-11-10-16(18(21)23-17)19(24)22-12-13-6-8-15(9-7-13)25-14-4-2-1-3-5-14/h1-11H,12H2,(H,22,24). The van der Waals surface area contributed by atoms with Crippen molar-refractivity contribution in [2.75, 3.05) is 0 Å². The number of hydrogen-bond donors (Lipinski definition) is 1. The van der Waals surface area contributed by atoms with E-state index in [1.165, 1.54) is 6.07 Å². The number of benzene rings is 2. The maximum absolute atomic E-state index is 12.2. The summed E-state index contributed by atoms with van der Waals surface area (Å²) in [6.45, 7) is 0.364. The van der Waals surface area contributed by atoms with Crippen LogP contribution in [-0.2, 0) is 6.54 Å². The van der Waals surface area contributed by atoms with Crippen LogP contribution in [0.3, 0.4) is 0 Å². The van der Waals surface area contributed by atoms with Crippen LogP contribution in [0.15, 0.2) is 66.7 Å². The molecule has 0 fully saturated rings. The lowest BCUT2D eigenvalue weighted by atomic mass is 10.2. The minimum atomic E-state index is -0.307. The second kappa shape index (κ2) is 8.01. The molecule has 25 heavy (non-hydrogen) atoms. The Kier molecular flexibility index (Phi) is 5.53. The van der Waals surface area contributed by atoms with Gasteiger partial charge in [0.25, 0.3) is 5.91 Å². The summed E-state index contributed by atoms with van der Waals surface area (Å²) in [5.74, 6) is 1.19. The minimum Gasteiger partial charge on any atom is -0.457 e. The van der Waals surface area contributed by atoms with Crippen LogP contribution < -0.4 is 10.1 Å². The molecule has 1 amide bonds. The molecule has 126 valence electrons. The lowest BCUT2D eigenvalue weighted by Gasteiger charge is -2.08. The molecular weight excluding hydrogens is 359 g/mol. The first-order valence-electron chi connectivity index (χ1n) is 7.54. The summed E-state index contributed by atoms with van der Waals surface area (Å²) in [6, 6.07) is 20.1. The third-order valence-corrected chi connectivity index (χ3v) is 3.91. The van der Waals surface area contributed by atoms with Gasteiger partial charge in [0.05, 0.1) is 5.56 Å². The summed E-state index contributed by atoms with van der Waals surface area (Å²) in [4.78, 5) is 16.0. The van der Waals surface area contributed by atoms with E-state index in [9.17, 15) is 4.79 Å². The number of halogens is 2. The Labute approximate surface area is 155 Å². The van der Waals surface area contributed by atoms with Gasteiger partial charge < -0.3 is 10.1 Å². The Morgan fingerprint density at radius 1 is 0.920 bits per heavy atom. The zero-order chi connectivity index (χ0) is 17.6. The number of carbonyl (C=O) groups is 1. The summed E-state index contributed by atoms with van der Waals surface area (Å²) in [5.41, 5.74) is 1.22. The Bertz CT molecular complexity index is 868. The number of para-hydroxylation sites is 1. The van der Waals surface area contributed by atoms with Crippen LogP contribution in [-0.4, -0.2) is 10.9 Å². The lowest BCUT2D eigenvalue weighted by molar-refractivity contribution is 0.0950. The van der Waals surface area contributed by atoms with Gasteiger partial charge in [0.15, 0.2) is 0 Å². The molecule has 1 N–H and O–H groups in total. The van der Waals surface area contributed by atoms with Gasteiger partial charge in [0.2, 0.25) is 0 Å². The molecule has 0 aliphatic rings. The first-order valence-corrected chi connectivity index (χ1v) is 8.29. The summed E-state index contributed by atoms with van der Waals surface area (Å²) >= 11 is 11.7. The number of rotatable bonds is 5. The monoisotopic (exact) mass is 372 g/mol. The van der Waals surface area contributed by atoms with Gasteiger partial charge in [-0.3, -0.25) is 4.79 Å². The third kappa shape index (κ3) is 4.72. The highest BCUT2D eigenvalue weighted by Gasteiger charge is 2.11. The zero-order valence-electron chi connectivity index (χ0n) is 13.1. The Morgan fingerprint density at radius 3 is 2.28 bits per heavy atom. The quantitative estimate of drug-likeness (QED) is 0.633. The van der Waals surface area contributed by atoms with Gasteiger partial charge in [-0.1, -0.05) is 53.5 Å². The molecule has 1 heterocycles. The lowest BCUT2D eigenvalue weighted by Crippen LogP contribution is -2.23. The Morgan fingerprint density at radius 2 is 1.60 bits per heavy atom. The van der Waals surface area contributed by atoms with E-state index in [0.717, 1.165) is 17.1 Å². The van der Waals surface area contributed by atoms with Crippen LogP contribution in [0, 0.1) is 0 Å². The molecule has 1 aromatic heterocycles. The molecule has 3 rings (SSSR count). The normalized spacial score (nSPS) is 10.3. The predicted molar refractivity (Wildman–Crippen MR) is 98.4 cm³/mol. The summed E-state index contributed by atoms with van der Waals surface area (Å²) in [5, 5.41) is 3.12. The van der Waals surface area contributed by atoms with Gasteiger partial charge in [0.1, 0.15) is 21.8 Å². The first-order chi connectivity index (χ1) is 12.1. The average molecular weight is 373 g/mol. The molecule has 0 aliphatic carbocycles. The minimum absolute atomic E-state index is 0.0802. The molecule has 2 aromatic carbocycles. The molecule has 0 aliphatic heterocycles. The topological polar surface area (TPSA) is 51.2 Å². The van der Waals surface area contributed by atoms with Gasteiger partial charge >= 0.3 is 0 Å². The number of nitrogens with one attached hydrogen (secondary N) is 1. The van der Waals surface area contributed by atoms with Crippen LogP contribution >= 0.6 is 23.2 Å². The van der Waals surface area contributed by atoms with Crippen LogP contribution in [0.2, 0.25) is 10.3 Å². The maximum atomic E-state index is 12.2. The van der Waals surface area contributed by atoms with Crippen molar-refractivity contribution >= 4 is 29.1 Å². The molecule has 6 heteroatoms. The van der Waals surface area contributed by atoms with Crippen LogP contribution in [0.4, 0.5) is 0 Å². The fourth-order valence-corrected chi connectivity index (χ4v) is 2.59. The van der Waals surface area contributed by atoms with E-state index >= 15 is 0 Å². The number of aromatic nitrogens is 1. The number of amides is 1. The molecule has 4 nitrogen and oxygen atoms in total. The summed E-state index contributed by atoms with van der Waals surface area (Å²) in [6.07, 6.45) is 0. The van der Waals surface area contributed by atoms with Crippen molar-refractivity contribution in [1.29, 1.82) is 0 Å². The van der Waals surface area contributed by atoms with Crippen molar-refractivity contribution < 1.29 is 9.53 Å². The van der Waals surface area contributed by atoms with Crippen LogP contribution in [0.1, 0.15) is 15.9 Å². The van der Waals surface area contributed by atoms with Crippen molar-refractivity contribution in [3.63, 3.8) is 0 Å². The highest BCUT2D eigenvalue weighted by Crippen LogP contribution is 2.21. The molecule has 0 spiro atoms. The fraction of sp³-hybridized carbons (Fsp3) is 0.0526. The van der Waals surface area contributed by atoms with E-state index in [2.05, 4.69) is 10.3 Å². The molecule has 0 saturated heterocycles. The molecule has 0 atom stereocenters. The molecule has 0 radical (unpaired) electrons. The first kappa shape index (κ1) is 17.3. The number of pyridine rings is 1. The molecule has 3 aromatic rings. The van der Waals surface area contributed by atoms with E-state index in [1.54, 1.807) is 6.07 Å². The Hall–Kier alpha value is -2.56. The van der Waals surface area contributed by atoms with Crippen molar-refractivity contribution in [1.82, 2.24) is 10.3 Å². The fourth-order valence-electron chi connectivity index (χ4n) is 2.16. The number of hydrogen-bond acceptors (Lipinski definition) is 3. The predicted octanol–water partition coefficient (Wildman–Crippen LogP) is 5.11. The van der Waals surface area contributed by atoms with Gasteiger partial charge in [-0.15, -0.1) is 0 Å². The van der Waals surface area contributed by atoms with Crippen molar-refractivity contribution in [3.8, 4) is 11.5 Å². The smallest absolute Gasteiger partial charge is 0.254 e. The van der Waals surface area contributed by atoms with E-state index < -0.39 is 0 Å². The maximum Gasteiger partial charge on any atom is 0.254 e. The second-order valence-corrected chi connectivity index (χ2v) is 5.96. The SMILES string of the molecule is O=C(NCc1ccc(Oc2ccccc2)cc1)c1ccc(Cl)nc1Cl. The molecule has 0 saturated carbocycles. The molecule has 0 bridgehead atoms. The van der Waals surface area contributed by atoms with Crippen molar-refractivity contribution in [2.24, 2.45) is 0 Å². The average Bonchev–Trinajstić information content (AvgIpc) is 2.62. The zero-order valence-corrected chi connectivity index (χ0v) is 14.6. The van der Waals surface area contributed by atoms with E-state index in [4.69, 9.17) is 27.9 Å². The van der Waals surface area contributed by atoms with Gasteiger partial charge in [-0.25, -0.2) is 4.98 Å². The summed E-state index contributed by atoms with van der Waals surface area (Å²) < 4.78 is 5.73. The van der Waals surface area contributed by atoms with E-state index in [-0.39, 0.29) is 21.8 Å². The Balaban J connectivity index is 1.59. The largest absolute Gasteiger partial charge is 0.457 e. The number of carbonyl (C=O) groups excluding carboxylic acids is 1. The van der Waals surface area contributed by atoms with Gasteiger partial charge in [0, 0.05) is 6.54 Å². The van der Waals surface area contributed by atoms with Crippen molar-refractivity contribution in [3.05, 3.63) is 88.2 Å². The number of nitrogens with zero attached hydrogens (tertiary/aromatic N) is 1. The highest BCUT2D eigenvalue weighted by atomic mass is 35.5. The van der Waals surface area contributed by atoms with Crippen molar-refractivity contribution in [2.45, 2.75) is 6.54 Å².